The summed E-state index contributed by atoms with van der Waals surface area (Å²) in [5, 5.41) is 16.7. The fraction of sp³-hybridized carbons (Fsp3) is 0.357. The Morgan fingerprint density at radius 2 is 2.29 bits per heavy atom. The summed E-state index contributed by atoms with van der Waals surface area (Å²) in [4.78, 5) is 15.5. The van der Waals surface area contributed by atoms with E-state index in [1.807, 2.05) is 6.07 Å². The van der Waals surface area contributed by atoms with Crippen LogP contribution in [0.1, 0.15) is 25.2 Å². The molecule has 1 aliphatic carbocycles. The quantitative estimate of drug-likeness (QED) is 0.882. The zero-order chi connectivity index (χ0) is 14.9. The maximum atomic E-state index is 11.2. The monoisotopic (exact) mass is 307 g/mol. The molecule has 1 aliphatic rings. The lowest BCUT2D eigenvalue weighted by atomic mass is 9.77. The summed E-state index contributed by atoms with van der Waals surface area (Å²) in [5.74, 6) is -0.0342. The van der Waals surface area contributed by atoms with Gasteiger partial charge in [0, 0.05) is 10.6 Å². The smallest absolute Gasteiger partial charge is 0.323 e. The van der Waals surface area contributed by atoms with Crippen LogP contribution in [0.3, 0.4) is 0 Å². The van der Waals surface area contributed by atoms with Crippen LogP contribution in [0.25, 0.3) is 11.4 Å². The van der Waals surface area contributed by atoms with E-state index in [0.29, 0.717) is 29.6 Å². The number of carboxylic acids is 1. The van der Waals surface area contributed by atoms with E-state index < -0.39 is 11.5 Å². The van der Waals surface area contributed by atoms with Gasteiger partial charge in [-0.25, -0.2) is 0 Å². The molecule has 0 aliphatic heterocycles. The molecule has 3 rings (SSSR count). The van der Waals surface area contributed by atoms with Crippen molar-refractivity contribution in [2.24, 2.45) is 0 Å². The first-order valence-electron chi connectivity index (χ1n) is 6.66. The molecule has 1 saturated carbocycles. The zero-order valence-corrected chi connectivity index (χ0v) is 11.9. The highest BCUT2D eigenvalue weighted by Gasteiger charge is 2.44. The first-order chi connectivity index (χ1) is 10.1. The highest BCUT2D eigenvalue weighted by atomic mass is 35.5. The fourth-order valence-electron chi connectivity index (χ4n) is 2.31. The Morgan fingerprint density at radius 3 is 2.90 bits per heavy atom. The maximum absolute atomic E-state index is 11.2. The van der Waals surface area contributed by atoms with Crippen LogP contribution in [0.5, 0.6) is 0 Å². The minimum absolute atomic E-state index is 0.236. The summed E-state index contributed by atoms with van der Waals surface area (Å²) in [7, 11) is 0. The normalized spacial score (nSPS) is 16.4. The zero-order valence-electron chi connectivity index (χ0n) is 11.2. The highest BCUT2D eigenvalue weighted by molar-refractivity contribution is 6.30. The Balaban J connectivity index is 1.70. The molecule has 1 heterocycles. The van der Waals surface area contributed by atoms with Gasteiger partial charge in [0.05, 0.1) is 6.54 Å². The minimum atomic E-state index is -0.843. The average Bonchev–Trinajstić information content (AvgIpc) is 2.86. The van der Waals surface area contributed by atoms with Gasteiger partial charge in [-0.05, 0) is 31.4 Å². The van der Waals surface area contributed by atoms with Gasteiger partial charge in [-0.2, -0.15) is 4.98 Å². The van der Waals surface area contributed by atoms with Crippen molar-refractivity contribution >= 4 is 17.6 Å². The topological polar surface area (TPSA) is 88.2 Å². The van der Waals surface area contributed by atoms with Crippen molar-refractivity contribution in [2.45, 2.75) is 31.3 Å². The molecule has 110 valence electrons. The second kappa shape index (κ2) is 5.46. The SMILES string of the molecule is O=C(O)C1(NCc2nc(-c3cccc(Cl)c3)no2)CCC1. The minimum Gasteiger partial charge on any atom is -0.480 e. The third kappa shape index (κ3) is 2.77. The molecule has 0 spiro atoms. The molecular weight excluding hydrogens is 294 g/mol. The van der Waals surface area contributed by atoms with Gasteiger partial charge in [0.1, 0.15) is 5.54 Å². The molecule has 2 aromatic rings. The molecule has 1 fully saturated rings. The van der Waals surface area contributed by atoms with Crippen LogP contribution in [0, 0.1) is 0 Å². The van der Waals surface area contributed by atoms with Crippen molar-refractivity contribution in [3.05, 3.63) is 35.2 Å². The molecule has 7 heteroatoms. The Bertz CT molecular complexity index is 667. The maximum Gasteiger partial charge on any atom is 0.323 e. The number of aromatic nitrogens is 2. The van der Waals surface area contributed by atoms with E-state index in [2.05, 4.69) is 15.5 Å². The van der Waals surface area contributed by atoms with Crippen molar-refractivity contribution in [1.82, 2.24) is 15.5 Å². The van der Waals surface area contributed by atoms with E-state index >= 15 is 0 Å². The molecule has 21 heavy (non-hydrogen) atoms. The van der Waals surface area contributed by atoms with Crippen LogP contribution in [0.15, 0.2) is 28.8 Å². The second-order valence-corrected chi connectivity index (χ2v) is 5.55. The lowest BCUT2D eigenvalue weighted by Crippen LogP contribution is -2.56. The lowest BCUT2D eigenvalue weighted by molar-refractivity contribution is -0.149. The lowest BCUT2D eigenvalue weighted by Gasteiger charge is -2.38. The van der Waals surface area contributed by atoms with Crippen molar-refractivity contribution < 1.29 is 14.4 Å². The highest BCUT2D eigenvalue weighted by Crippen LogP contribution is 2.32. The first kappa shape index (κ1) is 14.0. The number of aliphatic carboxylic acids is 1. The summed E-state index contributed by atoms with van der Waals surface area (Å²) in [6.45, 7) is 0.236. The number of hydrogen-bond acceptors (Lipinski definition) is 5. The van der Waals surface area contributed by atoms with Gasteiger partial charge in [0.2, 0.25) is 11.7 Å². The van der Waals surface area contributed by atoms with E-state index in [4.69, 9.17) is 16.1 Å². The molecule has 6 nitrogen and oxygen atoms in total. The van der Waals surface area contributed by atoms with Gasteiger partial charge < -0.3 is 9.63 Å². The van der Waals surface area contributed by atoms with Crippen molar-refractivity contribution in [3.63, 3.8) is 0 Å². The van der Waals surface area contributed by atoms with E-state index in [0.717, 1.165) is 12.0 Å². The summed E-state index contributed by atoms with van der Waals surface area (Å²) in [6.07, 6.45) is 2.16. The first-order valence-corrected chi connectivity index (χ1v) is 7.04. The van der Waals surface area contributed by atoms with Gasteiger partial charge in [-0.3, -0.25) is 10.1 Å². The molecule has 0 amide bonds. The van der Waals surface area contributed by atoms with Crippen LogP contribution >= 0.6 is 11.6 Å². The molecule has 1 aromatic heterocycles. The van der Waals surface area contributed by atoms with Crippen LogP contribution in [0.2, 0.25) is 5.02 Å². The molecular formula is C14H14ClN3O3. The van der Waals surface area contributed by atoms with Crippen LogP contribution in [0.4, 0.5) is 0 Å². The van der Waals surface area contributed by atoms with E-state index in [9.17, 15) is 9.90 Å². The van der Waals surface area contributed by atoms with Crippen molar-refractivity contribution in [3.8, 4) is 11.4 Å². The molecule has 0 saturated heterocycles. The molecule has 0 bridgehead atoms. The fourth-order valence-corrected chi connectivity index (χ4v) is 2.50. The number of nitrogens with zero attached hydrogens (tertiary/aromatic N) is 2. The average molecular weight is 308 g/mol. The molecule has 2 N–H and O–H groups in total. The standard InChI is InChI=1S/C14H14ClN3O3/c15-10-4-1-3-9(7-10)12-17-11(21-18-12)8-16-14(13(19)20)5-2-6-14/h1,3-4,7,16H,2,5-6,8H2,(H,19,20). The Kier molecular flexibility index (Phi) is 3.65. The van der Waals surface area contributed by atoms with Gasteiger partial charge in [-0.15, -0.1) is 0 Å². The number of halogens is 1. The Hall–Kier alpha value is -1.92. The molecule has 0 atom stereocenters. The third-order valence-corrected chi connectivity index (χ3v) is 3.98. The largest absolute Gasteiger partial charge is 0.480 e. The summed E-state index contributed by atoms with van der Waals surface area (Å²) >= 11 is 5.92. The molecule has 0 radical (unpaired) electrons. The number of nitrogens with one attached hydrogen (secondary N) is 1. The van der Waals surface area contributed by atoms with Crippen LogP contribution in [-0.4, -0.2) is 26.8 Å². The second-order valence-electron chi connectivity index (χ2n) is 5.12. The molecule has 0 unspecified atom stereocenters. The Morgan fingerprint density at radius 1 is 1.48 bits per heavy atom. The van der Waals surface area contributed by atoms with Crippen LogP contribution in [-0.2, 0) is 11.3 Å². The van der Waals surface area contributed by atoms with Crippen molar-refractivity contribution in [1.29, 1.82) is 0 Å². The number of benzene rings is 1. The van der Waals surface area contributed by atoms with E-state index in [1.165, 1.54) is 0 Å². The van der Waals surface area contributed by atoms with E-state index in [-0.39, 0.29) is 6.54 Å². The number of carbonyl (C=O) groups is 1. The summed E-state index contributed by atoms with van der Waals surface area (Å²) < 4.78 is 5.14. The predicted octanol–water partition coefficient (Wildman–Crippen LogP) is 2.49. The number of rotatable bonds is 5. The van der Waals surface area contributed by atoms with Gasteiger partial charge in [0.15, 0.2) is 0 Å². The molecule has 1 aromatic carbocycles. The number of carboxylic acid groups (broad SMARTS) is 1. The van der Waals surface area contributed by atoms with Gasteiger partial charge >= 0.3 is 5.97 Å². The van der Waals surface area contributed by atoms with Crippen LogP contribution < -0.4 is 5.32 Å². The van der Waals surface area contributed by atoms with E-state index in [1.54, 1.807) is 18.2 Å². The van der Waals surface area contributed by atoms with Crippen molar-refractivity contribution in [2.75, 3.05) is 0 Å². The predicted molar refractivity (Wildman–Crippen MR) is 75.8 cm³/mol. The number of hydrogen-bond donors (Lipinski definition) is 2. The Labute approximate surface area is 126 Å². The third-order valence-electron chi connectivity index (χ3n) is 3.75. The summed E-state index contributed by atoms with van der Waals surface area (Å²) in [6, 6.07) is 7.15. The summed E-state index contributed by atoms with van der Waals surface area (Å²) in [5.41, 5.74) is -0.0842. The van der Waals surface area contributed by atoms with Gasteiger partial charge in [-0.1, -0.05) is 28.9 Å². The van der Waals surface area contributed by atoms with Gasteiger partial charge in [0.25, 0.3) is 0 Å².